The van der Waals surface area contributed by atoms with Gasteiger partial charge in [-0.05, 0) is 82.5 Å². The Labute approximate surface area is 299 Å². The van der Waals surface area contributed by atoms with E-state index in [4.69, 9.17) is 18.9 Å². The minimum atomic E-state index is -3.95. The fraction of sp³-hybridized carbons (Fsp3) is 0.459. The molecule has 3 N–H and O–H groups in total. The summed E-state index contributed by atoms with van der Waals surface area (Å²) in [6.45, 7) is 8.14. The summed E-state index contributed by atoms with van der Waals surface area (Å²) < 4.78 is 52.5. The van der Waals surface area contributed by atoms with Crippen LogP contribution in [0.5, 0.6) is 17.2 Å². The van der Waals surface area contributed by atoms with Gasteiger partial charge >= 0.3 is 6.03 Å². The van der Waals surface area contributed by atoms with Crippen LogP contribution in [0.25, 0.3) is 0 Å². The number of carbonyl (C=O) groups excluding carboxylic acids is 2. The first kappa shape index (κ1) is 37.7. The van der Waals surface area contributed by atoms with E-state index in [9.17, 15) is 23.1 Å². The van der Waals surface area contributed by atoms with Crippen LogP contribution in [0.4, 0.5) is 16.2 Å². The van der Waals surface area contributed by atoms with Crippen molar-refractivity contribution in [3.05, 3.63) is 71.8 Å². The van der Waals surface area contributed by atoms with E-state index in [1.54, 1.807) is 61.3 Å². The Kier molecular flexibility index (Phi) is 12.3. The summed E-state index contributed by atoms with van der Waals surface area (Å²) in [5.74, 6) is 0.768. The number of aryl methyl sites for hydroxylation is 1. The molecule has 4 atom stereocenters. The number of urea groups is 1. The summed E-state index contributed by atoms with van der Waals surface area (Å²) in [7, 11) is -2.27. The number of hydrogen-bond acceptors (Lipinski definition) is 9. The minimum absolute atomic E-state index is 0.0920. The molecule has 0 bridgehead atoms. The van der Waals surface area contributed by atoms with Gasteiger partial charge in [-0.3, -0.25) is 9.52 Å². The quantitative estimate of drug-likeness (QED) is 0.274. The lowest BCUT2D eigenvalue weighted by molar-refractivity contribution is -0.0115. The molecule has 51 heavy (non-hydrogen) atoms. The summed E-state index contributed by atoms with van der Waals surface area (Å²) in [6, 6.07) is 15.4. The number of benzene rings is 3. The Balaban J connectivity index is 1.39. The van der Waals surface area contributed by atoms with Crippen molar-refractivity contribution >= 4 is 33.3 Å². The van der Waals surface area contributed by atoms with Crippen molar-refractivity contribution in [2.24, 2.45) is 5.92 Å². The molecule has 13 nitrogen and oxygen atoms in total. The summed E-state index contributed by atoms with van der Waals surface area (Å²) in [6.07, 6.45) is 1.54. The van der Waals surface area contributed by atoms with Crippen LogP contribution in [0.1, 0.15) is 56.0 Å². The molecule has 2 heterocycles. The first-order chi connectivity index (χ1) is 24.3. The second kappa shape index (κ2) is 16.7. The zero-order valence-corrected chi connectivity index (χ0v) is 30.6. The Morgan fingerprint density at radius 3 is 2.45 bits per heavy atom. The Morgan fingerprint density at radius 1 is 1.00 bits per heavy atom. The molecule has 0 aromatic heterocycles. The monoisotopic (exact) mass is 724 g/mol. The predicted molar refractivity (Wildman–Crippen MR) is 193 cm³/mol. The van der Waals surface area contributed by atoms with Gasteiger partial charge in [-0.1, -0.05) is 24.6 Å². The lowest BCUT2D eigenvalue weighted by Crippen LogP contribution is -2.48. The number of anilines is 2. The van der Waals surface area contributed by atoms with Gasteiger partial charge in [0.25, 0.3) is 15.9 Å². The van der Waals surface area contributed by atoms with Gasteiger partial charge in [-0.2, -0.15) is 0 Å². The minimum Gasteiger partial charge on any atom is -0.490 e. The zero-order chi connectivity index (χ0) is 36.7. The van der Waals surface area contributed by atoms with E-state index >= 15 is 0 Å². The van der Waals surface area contributed by atoms with Gasteiger partial charge in [-0.25, -0.2) is 13.2 Å². The average molecular weight is 725 g/mol. The van der Waals surface area contributed by atoms with Crippen LogP contribution in [0.3, 0.4) is 0 Å². The maximum atomic E-state index is 14.4. The molecular formula is C37H48N4O9S. The summed E-state index contributed by atoms with van der Waals surface area (Å²) >= 11 is 0. The molecule has 0 saturated heterocycles. The van der Waals surface area contributed by atoms with Crippen LogP contribution in [0.2, 0.25) is 0 Å². The van der Waals surface area contributed by atoms with Crippen molar-refractivity contribution < 1.29 is 42.1 Å². The molecule has 2 aliphatic heterocycles. The van der Waals surface area contributed by atoms with E-state index in [1.807, 2.05) is 20.8 Å². The van der Waals surface area contributed by atoms with Crippen molar-refractivity contribution in [3.63, 3.8) is 0 Å². The highest BCUT2D eigenvalue weighted by molar-refractivity contribution is 7.92. The fourth-order valence-electron chi connectivity index (χ4n) is 5.93. The summed E-state index contributed by atoms with van der Waals surface area (Å²) in [4.78, 5) is 30.9. The highest BCUT2D eigenvalue weighted by atomic mass is 32.2. The highest BCUT2D eigenvalue weighted by Gasteiger charge is 2.31. The smallest absolute Gasteiger partial charge is 0.321 e. The van der Waals surface area contributed by atoms with Gasteiger partial charge in [0.2, 0.25) is 6.79 Å². The zero-order valence-electron chi connectivity index (χ0n) is 29.8. The molecule has 14 heteroatoms. The number of amides is 3. The van der Waals surface area contributed by atoms with E-state index in [1.165, 1.54) is 23.1 Å². The van der Waals surface area contributed by atoms with Gasteiger partial charge in [0.05, 0.1) is 35.3 Å². The van der Waals surface area contributed by atoms with Crippen molar-refractivity contribution in [3.8, 4) is 17.2 Å². The number of aliphatic hydroxyl groups is 1. The Morgan fingerprint density at radius 2 is 1.71 bits per heavy atom. The van der Waals surface area contributed by atoms with Crippen molar-refractivity contribution in [2.45, 2.75) is 70.1 Å². The molecule has 0 aliphatic carbocycles. The molecule has 3 aromatic carbocycles. The molecule has 2 aliphatic rings. The van der Waals surface area contributed by atoms with Crippen molar-refractivity contribution in [1.82, 2.24) is 9.80 Å². The molecule has 276 valence electrons. The number of likely N-dealkylation sites (N-methyl/N-ethyl adjacent to an activating group) is 1. The third-order valence-corrected chi connectivity index (χ3v) is 10.5. The number of fused-ring (bicyclic) bond motifs is 2. The van der Waals surface area contributed by atoms with Crippen LogP contribution >= 0.6 is 0 Å². The van der Waals surface area contributed by atoms with Gasteiger partial charge in [0.15, 0.2) is 11.5 Å². The highest BCUT2D eigenvalue weighted by Crippen LogP contribution is 2.34. The number of ether oxygens (including phenoxy) is 4. The Bertz CT molecular complexity index is 1790. The van der Waals surface area contributed by atoms with E-state index in [-0.39, 0.29) is 60.7 Å². The third kappa shape index (κ3) is 9.63. The van der Waals surface area contributed by atoms with Gasteiger partial charge in [0.1, 0.15) is 5.75 Å². The number of nitrogens with one attached hydrogen (secondary N) is 2. The number of rotatable bonds is 8. The Hall–Kier alpha value is -4.53. The first-order valence-electron chi connectivity index (χ1n) is 17.2. The summed E-state index contributed by atoms with van der Waals surface area (Å²) in [5, 5.41) is 13.2. The average Bonchev–Trinajstić information content (AvgIpc) is 3.57. The fourth-order valence-corrected chi connectivity index (χ4v) is 6.98. The van der Waals surface area contributed by atoms with E-state index in [2.05, 4.69) is 10.0 Å². The number of aliphatic hydroxyl groups excluding tert-OH is 1. The lowest BCUT2D eigenvalue weighted by Gasteiger charge is -2.35. The SMILES string of the molecule is Cc1ccc(S(=O)(=O)Nc2ccc3c(c2)C(=O)N([C@H](C)CO)C[C@@H](C)[C@H](CN(C)C(=O)Nc2ccc4c(c2)OCO4)OCCCC[C@H](C)O3)cc1. The predicted octanol–water partition coefficient (Wildman–Crippen LogP) is 5.48. The maximum absolute atomic E-state index is 14.4. The second-order valence-electron chi connectivity index (χ2n) is 13.3. The van der Waals surface area contributed by atoms with E-state index < -0.39 is 28.1 Å². The van der Waals surface area contributed by atoms with Crippen molar-refractivity contribution in [1.29, 1.82) is 0 Å². The van der Waals surface area contributed by atoms with E-state index in [0.29, 0.717) is 36.0 Å². The van der Waals surface area contributed by atoms with Crippen LogP contribution in [0, 0.1) is 12.8 Å². The summed E-state index contributed by atoms with van der Waals surface area (Å²) in [5.41, 5.74) is 1.84. The van der Waals surface area contributed by atoms with Crippen LogP contribution < -0.4 is 24.2 Å². The van der Waals surface area contributed by atoms with Gasteiger partial charge in [-0.15, -0.1) is 0 Å². The molecule has 3 aromatic rings. The molecule has 5 rings (SSSR count). The van der Waals surface area contributed by atoms with Crippen LogP contribution in [0.15, 0.2) is 65.6 Å². The number of sulfonamides is 1. The first-order valence-corrected chi connectivity index (χ1v) is 18.7. The van der Waals surface area contributed by atoms with Crippen LogP contribution in [-0.4, -0.2) is 93.7 Å². The van der Waals surface area contributed by atoms with Gasteiger partial charge in [0, 0.05) is 50.1 Å². The standard InChI is InChI=1S/C37H48N4O9S/c1-24-9-13-30(14-10-24)51(45,46)39-29-12-15-32-31(18-29)36(43)41(26(3)22-42)20-25(2)35(47-17-7-6-8-27(4)50-32)21-40(5)37(44)38-28-11-16-33-34(19-28)49-23-48-33/h9-16,18-19,25-27,35,39,42H,6-8,17,20-23H2,1-5H3,(H,38,44)/t25-,26-,27+,35+/m1/s1. The number of hydrogen-bond donors (Lipinski definition) is 3. The molecule has 0 radical (unpaired) electrons. The van der Waals surface area contributed by atoms with Crippen LogP contribution in [-0.2, 0) is 14.8 Å². The van der Waals surface area contributed by atoms with Crippen molar-refractivity contribution in [2.75, 3.05) is 50.2 Å². The van der Waals surface area contributed by atoms with Gasteiger partial charge < -0.3 is 39.2 Å². The normalized spacial score (nSPS) is 20.4. The maximum Gasteiger partial charge on any atom is 0.321 e. The molecule has 0 saturated carbocycles. The third-order valence-electron chi connectivity index (χ3n) is 9.06. The van der Waals surface area contributed by atoms with E-state index in [0.717, 1.165) is 18.4 Å². The number of carbonyl (C=O) groups is 2. The molecule has 0 spiro atoms. The molecule has 0 unspecified atom stereocenters. The molecule has 0 fully saturated rings. The number of nitrogens with zero attached hydrogens (tertiary/aromatic N) is 2. The molecule has 3 amide bonds. The lowest BCUT2D eigenvalue weighted by atomic mass is 10.0. The largest absolute Gasteiger partial charge is 0.490 e. The molecular weight excluding hydrogens is 676 g/mol. The second-order valence-corrected chi connectivity index (χ2v) is 15.0. The topological polar surface area (TPSA) is 156 Å².